The number of urea groups is 1. The Balaban J connectivity index is 2.74. The summed E-state index contributed by atoms with van der Waals surface area (Å²) in [6.07, 6.45) is 2.87. The van der Waals surface area contributed by atoms with E-state index in [9.17, 15) is 9.59 Å². The molecule has 7 nitrogen and oxygen atoms in total. The normalized spacial score (nSPS) is 9.94. The number of nitrogens with two attached hydrogens (primary N) is 1. The van der Waals surface area contributed by atoms with Crippen molar-refractivity contribution in [1.82, 2.24) is 20.4 Å². The first-order valence-corrected chi connectivity index (χ1v) is 4.69. The Labute approximate surface area is 92.6 Å². The fourth-order valence-electron chi connectivity index (χ4n) is 1.01. The van der Waals surface area contributed by atoms with E-state index in [4.69, 9.17) is 5.73 Å². The van der Waals surface area contributed by atoms with Crippen molar-refractivity contribution in [2.75, 3.05) is 0 Å². The average Bonchev–Trinajstić information content (AvgIpc) is 2.25. The number of aromatic nitrogens is 2. The van der Waals surface area contributed by atoms with Crippen LogP contribution in [0.4, 0.5) is 4.79 Å². The Kier molecular flexibility index (Phi) is 3.76. The molecule has 0 spiro atoms. The Morgan fingerprint density at radius 3 is 2.38 bits per heavy atom. The van der Waals surface area contributed by atoms with Gasteiger partial charge in [-0.05, 0) is 19.9 Å². The largest absolute Gasteiger partial charge is 0.350 e. The molecule has 0 unspecified atom stereocenters. The molecule has 1 heterocycles. The van der Waals surface area contributed by atoms with E-state index in [-0.39, 0.29) is 11.9 Å². The molecule has 1 rings (SSSR count). The van der Waals surface area contributed by atoms with E-state index in [0.717, 1.165) is 5.01 Å². The molecule has 1 aromatic heterocycles. The first kappa shape index (κ1) is 11.9. The predicted octanol–water partition coefficient (Wildman–Crippen LogP) is -0.0895. The standard InChI is InChI=1S/C9H13N5O2/c1-6(2)14(9(10)16)13-8(15)7-11-4-3-5-12-7/h3-6H,1-2H3,(H2,10,16)(H,13,15). The van der Waals surface area contributed by atoms with E-state index < -0.39 is 11.9 Å². The third-order valence-corrected chi connectivity index (χ3v) is 1.74. The van der Waals surface area contributed by atoms with E-state index in [1.54, 1.807) is 19.9 Å². The second-order valence-corrected chi connectivity index (χ2v) is 3.32. The Hall–Kier alpha value is -2.18. The lowest BCUT2D eigenvalue weighted by Crippen LogP contribution is -2.52. The van der Waals surface area contributed by atoms with Gasteiger partial charge in [0.15, 0.2) is 0 Å². The highest BCUT2D eigenvalue weighted by Crippen LogP contribution is 1.95. The minimum Gasteiger partial charge on any atom is -0.350 e. The molecule has 1 aromatic rings. The van der Waals surface area contributed by atoms with Crippen LogP contribution in [0.2, 0.25) is 0 Å². The molecule has 0 aliphatic carbocycles. The van der Waals surface area contributed by atoms with Gasteiger partial charge in [0.05, 0.1) is 0 Å². The van der Waals surface area contributed by atoms with Crippen LogP contribution in [0.5, 0.6) is 0 Å². The summed E-state index contributed by atoms with van der Waals surface area (Å²) in [5.74, 6) is -0.595. The molecule has 0 fully saturated rings. The number of amides is 3. The number of rotatable bonds is 2. The molecule has 0 atom stereocenters. The van der Waals surface area contributed by atoms with Crippen molar-refractivity contribution in [1.29, 1.82) is 0 Å². The SMILES string of the molecule is CC(C)N(NC(=O)c1ncccn1)C(N)=O. The number of carbonyl (C=O) groups excluding carboxylic acids is 2. The van der Waals surface area contributed by atoms with Gasteiger partial charge in [-0.2, -0.15) is 0 Å². The van der Waals surface area contributed by atoms with Crippen molar-refractivity contribution in [3.05, 3.63) is 24.3 Å². The topological polar surface area (TPSA) is 101 Å². The minimum atomic E-state index is -0.737. The molecular weight excluding hydrogens is 210 g/mol. The second kappa shape index (κ2) is 5.06. The van der Waals surface area contributed by atoms with E-state index >= 15 is 0 Å². The molecule has 0 bridgehead atoms. The third kappa shape index (κ3) is 2.91. The van der Waals surface area contributed by atoms with Crippen LogP contribution in [0.1, 0.15) is 24.5 Å². The summed E-state index contributed by atoms with van der Waals surface area (Å²) in [5.41, 5.74) is 7.42. The van der Waals surface area contributed by atoms with Gasteiger partial charge in [0, 0.05) is 18.4 Å². The van der Waals surface area contributed by atoms with Crippen molar-refractivity contribution in [3.63, 3.8) is 0 Å². The van der Waals surface area contributed by atoms with Gasteiger partial charge in [-0.25, -0.2) is 19.8 Å². The zero-order chi connectivity index (χ0) is 12.1. The highest BCUT2D eigenvalue weighted by Gasteiger charge is 2.18. The lowest BCUT2D eigenvalue weighted by molar-refractivity contribution is 0.0784. The van der Waals surface area contributed by atoms with Crippen molar-refractivity contribution < 1.29 is 9.59 Å². The maximum absolute atomic E-state index is 11.6. The highest BCUT2D eigenvalue weighted by molar-refractivity contribution is 5.91. The Morgan fingerprint density at radius 2 is 1.94 bits per heavy atom. The molecule has 0 radical (unpaired) electrons. The lowest BCUT2D eigenvalue weighted by atomic mass is 10.4. The van der Waals surface area contributed by atoms with E-state index in [2.05, 4.69) is 15.4 Å². The fraction of sp³-hybridized carbons (Fsp3) is 0.333. The highest BCUT2D eigenvalue weighted by atomic mass is 16.2. The molecule has 0 aliphatic rings. The molecule has 0 aromatic carbocycles. The van der Waals surface area contributed by atoms with Crippen LogP contribution in [0.25, 0.3) is 0 Å². The molecule has 3 N–H and O–H groups in total. The monoisotopic (exact) mass is 223 g/mol. The summed E-state index contributed by atoms with van der Waals surface area (Å²) in [6.45, 7) is 3.44. The number of carbonyl (C=O) groups is 2. The number of hydrogen-bond donors (Lipinski definition) is 2. The molecule has 0 aliphatic heterocycles. The summed E-state index contributed by atoms with van der Waals surface area (Å²) in [6, 6.07) is 0.606. The average molecular weight is 223 g/mol. The van der Waals surface area contributed by atoms with Gasteiger partial charge < -0.3 is 5.73 Å². The zero-order valence-electron chi connectivity index (χ0n) is 9.04. The van der Waals surface area contributed by atoms with Crippen molar-refractivity contribution in [3.8, 4) is 0 Å². The minimum absolute atomic E-state index is 0.0191. The molecule has 7 heteroatoms. The van der Waals surface area contributed by atoms with Crippen molar-refractivity contribution in [2.24, 2.45) is 5.73 Å². The molecule has 16 heavy (non-hydrogen) atoms. The van der Waals surface area contributed by atoms with Gasteiger partial charge >= 0.3 is 11.9 Å². The van der Waals surface area contributed by atoms with E-state index in [1.807, 2.05) is 0 Å². The van der Waals surface area contributed by atoms with E-state index in [0.29, 0.717) is 0 Å². The van der Waals surface area contributed by atoms with Gasteiger partial charge in [-0.1, -0.05) is 0 Å². The van der Waals surface area contributed by atoms with E-state index in [1.165, 1.54) is 12.4 Å². The Bertz CT molecular complexity index is 379. The number of hydrazine groups is 1. The number of nitrogens with zero attached hydrogens (tertiary/aromatic N) is 3. The fourth-order valence-corrected chi connectivity index (χ4v) is 1.01. The molecule has 86 valence electrons. The summed E-state index contributed by atoms with van der Waals surface area (Å²) in [4.78, 5) is 30.1. The zero-order valence-corrected chi connectivity index (χ0v) is 9.04. The van der Waals surface area contributed by atoms with Gasteiger partial charge in [0.1, 0.15) is 0 Å². The maximum Gasteiger partial charge on any atom is 0.333 e. The molecule has 0 saturated carbocycles. The second-order valence-electron chi connectivity index (χ2n) is 3.32. The van der Waals surface area contributed by atoms with Gasteiger partial charge in [0.2, 0.25) is 5.82 Å². The van der Waals surface area contributed by atoms with Gasteiger partial charge in [-0.15, -0.1) is 0 Å². The van der Waals surface area contributed by atoms with Gasteiger partial charge in [0.25, 0.3) is 0 Å². The quantitative estimate of drug-likeness (QED) is 0.684. The van der Waals surface area contributed by atoms with Crippen LogP contribution in [0, 0.1) is 0 Å². The molecular formula is C9H13N5O2. The van der Waals surface area contributed by atoms with Crippen LogP contribution in [-0.2, 0) is 0 Å². The third-order valence-electron chi connectivity index (χ3n) is 1.74. The summed E-state index contributed by atoms with van der Waals surface area (Å²) in [5, 5.41) is 1.01. The van der Waals surface area contributed by atoms with Crippen molar-refractivity contribution >= 4 is 11.9 Å². The van der Waals surface area contributed by atoms with Crippen LogP contribution in [0.3, 0.4) is 0 Å². The maximum atomic E-state index is 11.6. The lowest BCUT2D eigenvalue weighted by Gasteiger charge is -2.24. The summed E-state index contributed by atoms with van der Waals surface area (Å²) < 4.78 is 0. The first-order valence-electron chi connectivity index (χ1n) is 4.69. The molecule has 0 saturated heterocycles. The predicted molar refractivity (Wildman–Crippen MR) is 56.1 cm³/mol. The smallest absolute Gasteiger partial charge is 0.333 e. The number of hydrogen-bond acceptors (Lipinski definition) is 4. The van der Waals surface area contributed by atoms with Gasteiger partial charge in [-0.3, -0.25) is 10.2 Å². The van der Waals surface area contributed by atoms with Crippen LogP contribution < -0.4 is 11.2 Å². The number of primary amides is 1. The molecule has 3 amide bonds. The van der Waals surface area contributed by atoms with Crippen molar-refractivity contribution in [2.45, 2.75) is 19.9 Å². The summed E-state index contributed by atoms with van der Waals surface area (Å²) >= 11 is 0. The Morgan fingerprint density at radius 1 is 1.38 bits per heavy atom. The first-order chi connectivity index (χ1) is 7.52. The number of nitrogens with one attached hydrogen (secondary N) is 1. The van der Waals surface area contributed by atoms with Crippen LogP contribution in [-0.4, -0.2) is 33.0 Å². The van der Waals surface area contributed by atoms with Crippen LogP contribution in [0.15, 0.2) is 18.5 Å². The summed E-state index contributed by atoms with van der Waals surface area (Å²) in [7, 11) is 0. The van der Waals surface area contributed by atoms with Crippen LogP contribution >= 0.6 is 0 Å².